The first-order valence-corrected chi connectivity index (χ1v) is 6.41. The van der Waals surface area contributed by atoms with Crippen LogP contribution < -0.4 is 11.1 Å². The van der Waals surface area contributed by atoms with Crippen molar-refractivity contribution < 1.29 is 9.18 Å². The molecule has 2 aromatic rings. The highest BCUT2D eigenvalue weighted by molar-refractivity contribution is 5.94. The van der Waals surface area contributed by atoms with Gasteiger partial charge in [0.1, 0.15) is 12.1 Å². The first-order chi connectivity index (χ1) is 10.1. The molecule has 7 nitrogen and oxygen atoms in total. The second kappa shape index (κ2) is 5.41. The van der Waals surface area contributed by atoms with Crippen LogP contribution in [0.15, 0.2) is 36.7 Å². The summed E-state index contributed by atoms with van der Waals surface area (Å²) >= 11 is 0. The van der Waals surface area contributed by atoms with Crippen LogP contribution in [-0.4, -0.2) is 32.2 Å². The van der Waals surface area contributed by atoms with E-state index in [0.717, 1.165) is 0 Å². The van der Waals surface area contributed by atoms with Crippen molar-refractivity contribution in [1.82, 2.24) is 20.2 Å². The zero-order chi connectivity index (χ0) is 14.8. The highest BCUT2D eigenvalue weighted by atomic mass is 19.1. The standard InChI is InChI=1S/C13H13FN6O/c14-11-4-3-10(20-7-16-18-19-20)6-12(11)17-13(21)8-1-2-9(15)5-8/h1-4,6-9H,5,15H2,(H,17,21). The lowest BCUT2D eigenvalue weighted by atomic mass is 10.1. The summed E-state index contributed by atoms with van der Waals surface area (Å²) in [5.74, 6) is -1.14. The third-order valence-corrected chi connectivity index (χ3v) is 3.27. The zero-order valence-corrected chi connectivity index (χ0v) is 11.0. The maximum Gasteiger partial charge on any atom is 0.231 e. The lowest BCUT2D eigenvalue weighted by Crippen LogP contribution is -2.24. The van der Waals surface area contributed by atoms with Gasteiger partial charge in [0.25, 0.3) is 0 Å². The summed E-state index contributed by atoms with van der Waals surface area (Å²) in [7, 11) is 0. The molecule has 1 aromatic carbocycles. The summed E-state index contributed by atoms with van der Waals surface area (Å²) < 4.78 is 15.2. The predicted octanol–water partition coefficient (Wildman–Crippen LogP) is 0.643. The van der Waals surface area contributed by atoms with Crippen molar-refractivity contribution in [1.29, 1.82) is 0 Å². The fraction of sp³-hybridized carbons (Fsp3) is 0.231. The summed E-state index contributed by atoms with van der Waals surface area (Å²) in [6.07, 6.45) is 5.43. The Hall–Kier alpha value is -2.61. The average Bonchev–Trinajstić information content (AvgIpc) is 3.12. The smallest absolute Gasteiger partial charge is 0.231 e. The molecule has 0 radical (unpaired) electrons. The molecule has 21 heavy (non-hydrogen) atoms. The number of anilines is 1. The number of hydrogen-bond donors (Lipinski definition) is 2. The lowest BCUT2D eigenvalue weighted by molar-refractivity contribution is -0.118. The van der Waals surface area contributed by atoms with Crippen LogP contribution in [0.3, 0.4) is 0 Å². The van der Waals surface area contributed by atoms with E-state index in [4.69, 9.17) is 5.73 Å². The van der Waals surface area contributed by atoms with Crippen molar-refractivity contribution >= 4 is 11.6 Å². The van der Waals surface area contributed by atoms with Crippen LogP contribution in [0.4, 0.5) is 10.1 Å². The summed E-state index contributed by atoms with van der Waals surface area (Å²) in [4.78, 5) is 12.1. The molecule has 8 heteroatoms. The molecule has 0 saturated heterocycles. The number of aromatic nitrogens is 4. The number of carbonyl (C=O) groups excluding carboxylic acids is 1. The Kier molecular flexibility index (Phi) is 3.44. The molecular weight excluding hydrogens is 275 g/mol. The van der Waals surface area contributed by atoms with Gasteiger partial charge in [-0.2, -0.15) is 0 Å². The molecule has 2 unspecified atom stereocenters. The van der Waals surface area contributed by atoms with Crippen molar-refractivity contribution in [2.45, 2.75) is 12.5 Å². The van der Waals surface area contributed by atoms with Gasteiger partial charge in [-0.15, -0.1) is 5.10 Å². The van der Waals surface area contributed by atoms with E-state index in [0.29, 0.717) is 12.1 Å². The molecule has 3 rings (SSSR count). The first-order valence-electron chi connectivity index (χ1n) is 6.41. The van der Waals surface area contributed by atoms with E-state index in [1.165, 1.54) is 29.2 Å². The second-order valence-electron chi connectivity index (χ2n) is 4.80. The van der Waals surface area contributed by atoms with Crippen LogP contribution in [0.5, 0.6) is 0 Å². The third kappa shape index (κ3) is 2.79. The maximum absolute atomic E-state index is 13.8. The van der Waals surface area contributed by atoms with Gasteiger partial charge in [0, 0.05) is 6.04 Å². The van der Waals surface area contributed by atoms with Crippen LogP contribution in [0.1, 0.15) is 6.42 Å². The van der Waals surface area contributed by atoms with Gasteiger partial charge < -0.3 is 11.1 Å². The minimum atomic E-state index is -0.522. The molecule has 1 aromatic heterocycles. The van der Waals surface area contributed by atoms with Crippen molar-refractivity contribution in [3.63, 3.8) is 0 Å². The van der Waals surface area contributed by atoms with Gasteiger partial charge in [-0.1, -0.05) is 12.2 Å². The van der Waals surface area contributed by atoms with Crippen LogP contribution in [0.25, 0.3) is 5.69 Å². The Balaban J connectivity index is 1.80. The van der Waals surface area contributed by atoms with Gasteiger partial charge in [-0.25, -0.2) is 9.07 Å². The van der Waals surface area contributed by atoms with Gasteiger partial charge in [-0.05, 0) is 35.0 Å². The minimum absolute atomic E-state index is 0.0851. The summed E-state index contributed by atoms with van der Waals surface area (Å²) in [5, 5.41) is 13.3. The number of nitrogens with zero attached hydrogens (tertiary/aromatic N) is 4. The maximum atomic E-state index is 13.8. The number of halogens is 1. The second-order valence-corrected chi connectivity index (χ2v) is 4.80. The molecule has 1 heterocycles. The number of carbonyl (C=O) groups is 1. The van der Waals surface area contributed by atoms with Crippen LogP contribution in [0.2, 0.25) is 0 Å². The monoisotopic (exact) mass is 288 g/mol. The number of nitrogens with one attached hydrogen (secondary N) is 1. The number of rotatable bonds is 3. The average molecular weight is 288 g/mol. The number of hydrogen-bond acceptors (Lipinski definition) is 5. The van der Waals surface area contributed by atoms with Gasteiger partial charge in [-0.3, -0.25) is 4.79 Å². The van der Waals surface area contributed by atoms with Gasteiger partial charge in [0.15, 0.2) is 0 Å². The van der Waals surface area contributed by atoms with E-state index in [2.05, 4.69) is 20.8 Å². The lowest BCUT2D eigenvalue weighted by Gasteiger charge is -2.12. The highest BCUT2D eigenvalue weighted by Crippen LogP contribution is 2.22. The van der Waals surface area contributed by atoms with E-state index in [-0.39, 0.29) is 23.6 Å². The SMILES string of the molecule is NC1C=CC(C(=O)Nc2cc(-n3cnnn3)ccc2F)C1. The topological polar surface area (TPSA) is 98.7 Å². The molecule has 3 N–H and O–H groups in total. The number of amides is 1. The van der Waals surface area contributed by atoms with Crippen LogP contribution in [0, 0.1) is 11.7 Å². The molecule has 0 saturated carbocycles. The van der Waals surface area contributed by atoms with Crippen LogP contribution >= 0.6 is 0 Å². The molecule has 108 valence electrons. The normalized spacial score (nSPS) is 20.7. The summed E-state index contributed by atoms with van der Waals surface area (Å²) in [6.45, 7) is 0. The van der Waals surface area contributed by atoms with Crippen molar-refractivity contribution in [2.24, 2.45) is 11.7 Å². The number of nitrogens with two attached hydrogens (primary N) is 1. The van der Waals surface area contributed by atoms with Crippen molar-refractivity contribution in [2.75, 3.05) is 5.32 Å². The quantitative estimate of drug-likeness (QED) is 0.808. The molecule has 0 bridgehead atoms. The molecule has 1 aliphatic carbocycles. The molecule has 0 spiro atoms. The Morgan fingerprint density at radius 3 is 2.95 bits per heavy atom. The Morgan fingerprint density at radius 1 is 1.43 bits per heavy atom. The van der Waals surface area contributed by atoms with Crippen molar-refractivity contribution in [3.8, 4) is 5.69 Å². The molecule has 2 atom stereocenters. The first kappa shape index (κ1) is 13.4. The van der Waals surface area contributed by atoms with Gasteiger partial charge in [0.05, 0.1) is 17.3 Å². The summed E-state index contributed by atoms with van der Waals surface area (Å²) in [6, 6.07) is 4.12. The molecule has 1 aliphatic rings. The van der Waals surface area contributed by atoms with Gasteiger partial charge >= 0.3 is 0 Å². The third-order valence-electron chi connectivity index (χ3n) is 3.27. The van der Waals surface area contributed by atoms with E-state index >= 15 is 0 Å². The Bertz CT molecular complexity index is 684. The van der Waals surface area contributed by atoms with Crippen LogP contribution in [-0.2, 0) is 4.79 Å². The minimum Gasteiger partial charge on any atom is -0.324 e. The molecule has 1 amide bonds. The van der Waals surface area contributed by atoms with E-state index in [1.807, 2.05) is 0 Å². The highest BCUT2D eigenvalue weighted by Gasteiger charge is 2.23. The Morgan fingerprint density at radius 2 is 2.29 bits per heavy atom. The summed E-state index contributed by atoms with van der Waals surface area (Å²) in [5.41, 5.74) is 6.34. The fourth-order valence-corrected chi connectivity index (χ4v) is 2.18. The Labute approximate surface area is 119 Å². The molecular formula is C13H13FN6O. The predicted molar refractivity (Wildman–Crippen MR) is 73.0 cm³/mol. The van der Waals surface area contributed by atoms with E-state index < -0.39 is 5.82 Å². The van der Waals surface area contributed by atoms with Gasteiger partial charge in [0.2, 0.25) is 5.91 Å². The largest absolute Gasteiger partial charge is 0.324 e. The van der Waals surface area contributed by atoms with Crippen molar-refractivity contribution in [3.05, 3.63) is 42.5 Å². The number of tetrazole rings is 1. The van der Waals surface area contributed by atoms with E-state index in [9.17, 15) is 9.18 Å². The molecule has 0 aliphatic heterocycles. The zero-order valence-electron chi connectivity index (χ0n) is 11.0. The van der Waals surface area contributed by atoms with E-state index in [1.54, 1.807) is 12.2 Å². The fourth-order valence-electron chi connectivity index (χ4n) is 2.18. The molecule has 0 fully saturated rings. The number of benzene rings is 1.